The van der Waals surface area contributed by atoms with Gasteiger partial charge in [0.15, 0.2) is 20.6 Å². The molecule has 10 heteroatoms. The fourth-order valence-electron chi connectivity index (χ4n) is 2.84. The standard InChI is InChI=1S/C18H23N5O4S/c1-12-14(5-7-17(19-12)28(3,25)26)20-18(24)15-4-6-16(22-21-15)27-13-8-10-23(2)11-9-13/h4-7,13H,8-11H2,1-3H3,(H,20,24). The second-order valence-electron chi connectivity index (χ2n) is 6.89. The van der Waals surface area contributed by atoms with Crippen LogP contribution in [0.1, 0.15) is 29.0 Å². The van der Waals surface area contributed by atoms with Crippen LogP contribution in [0.15, 0.2) is 29.3 Å². The number of nitrogens with zero attached hydrogens (tertiary/aromatic N) is 4. The van der Waals surface area contributed by atoms with Crippen LogP contribution in [0.2, 0.25) is 0 Å². The smallest absolute Gasteiger partial charge is 0.276 e. The van der Waals surface area contributed by atoms with Crippen LogP contribution in [-0.2, 0) is 9.84 Å². The summed E-state index contributed by atoms with van der Waals surface area (Å²) in [5.41, 5.74) is 0.930. The number of likely N-dealkylation sites (tertiary alicyclic amines) is 1. The third kappa shape index (κ3) is 5.02. The molecule has 9 nitrogen and oxygen atoms in total. The number of hydrogen-bond acceptors (Lipinski definition) is 8. The highest BCUT2D eigenvalue weighted by molar-refractivity contribution is 7.90. The van der Waals surface area contributed by atoms with Crippen molar-refractivity contribution in [2.75, 3.05) is 31.7 Å². The lowest BCUT2D eigenvalue weighted by Gasteiger charge is -2.28. The predicted molar refractivity (Wildman–Crippen MR) is 103 cm³/mol. The van der Waals surface area contributed by atoms with Crippen molar-refractivity contribution in [1.29, 1.82) is 0 Å². The molecule has 0 aliphatic carbocycles. The summed E-state index contributed by atoms with van der Waals surface area (Å²) >= 11 is 0. The number of ether oxygens (including phenoxy) is 1. The van der Waals surface area contributed by atoms with Crippen molar-refractivity contribution in [3.8, 4) is 5.88 Å². The van der Waals surface area contributed by atoms with E-state index < -0.39 is 15.7 Å². The van der Waals surface area contributed by atoms with Crippen molar-refractivity contribution in [3.63, 3.8) is 0 Å². The van der Waals surface area contributed by atoms with Crippen molar-refractivity contribution in [2.24, 2.45) is 0 Å². The van der Waals surface area contributed by atoms with Crippen molar-refractivity contribution in [3.05, 3.63) is 35.7 Å². The molecule has 1 amide bonds. The van der Waals surface area contributed by atoms with Gasteiger partial charge in [-0.2, -0.15) is 0 Å². The molecule has 2 aromatic heterocycles. The molecule has 1 fully saturated rings. The van der Waals surface area contributed by atoms with Gasteiger partial charge < -0.3 is 15.0 Å². The van der Waals surface area contributed by atoms with E-state index in [1.54, 1.807) is 19.1 Å². The zero-order chi connectivity index (χ0) is 20.3. The first-order chi connectivity index (χ1) is 13.2. The first-order valence-electron chi connectivity index (χ1n) is 8.90. The van der Waals surface area contributed by atoms with Crippen LogP contribution < -0.4 is 10.1 Å². The molecule has 0 saturated carbocycles. The van der Waals surface area contributed by atoms with E-state index in [1.807, 2.05) is 0 Å². The number of piperidine rings is 1. The second kappa shape index (κ2) is 8.19. The van der Waals surface area contributed by atoms with Gasteiger partial charge in [-0.15, -0.1) is 10.2 Å². The molecule has 150 valence electrons. The van der Waals surface area contributed by atoms with Crippen LogP contribution >= 0.6 is 0 Å². The Morgan fingerprint density at radius 2 is 1.89 bits per heavy atom. The summed E-state index contributed by atoms with van der Waals surface area (Å²) in [5, 5.41) is 10.5. The Balaban J connectivity index is 1.63. The number of aromatic nitrogens is 3. The van der Waals surface area contributed by atoms with E-state index in [4.69, 9.17) is 4.74 Å². The second-order valence-corrected chi connectivity index (χ2v) is 8.85. The maximum Gasteiger partial charge on any atom is 0.276 e. The van der Waals surface area contributed by atoms with Gasteiger partial charge in [-0.25, -0.2) is 13.4 Å². The summed E-state index contributed by atoms with van der Waals surface area (Å²) in [6.07, 6.45) is 3.04. The lowest BCUT2D eigenvalue weighted by molar-refractivity contribution is 0.101. The predicted octanol–water partition coefficient (Wildman–Crippen LogP) is 1.31. The SMILES string of the molecule is Cc1nc(S(C)(=O)=O)ccc1NC(=O)c1ccc(OC2CCN(C)CC2)nn1. The molecule has 1 N–H and O–H groups in total. The van der Waals surface area contributed by atoms with Crippen LogP contribution in [0.3, 0.4) is 0 Å². The number of sulfone groups is 1. The topological polar surface area (TPSA) is 114 Å². The number of anilines is 1. The van der Waals surface area contributed by atoms with E-state index in [1.165, 1.54) is 12.1 Å². The molecule has 0 radical (unpaired) electrons. The fraction of sp³-hybridized carbons (Fsp3) is 0.444. The van der Waals surface area contributed by atoms with Gasteiger partial charge in [-0.3, -0.25) is 4.79 Å². The number of rotatable bonds is 5. The van der Waals surface area contributed by atoms with Gasteiger partial charge >= 0.3 is 0 Å². The lowest BCUT2D eigenvalue weighted by Crippen LogP contribution is -2.35. The molecule has 1 aliphatic rings. The fourth-order valence-corrected chi connectivity index (χ4v) is 3.46. The van der Waals surface area contributed by atoms with Crippen molar-refractivity contribution in [1.82, 2.24) is 20.1 Å². The number of nitrogens with one attached hydrogen (secondary N) is 1. The molecule has 0 aromatic carbocycles. The largest absolute Gasteiger partial charge is 0.473 e. The van der Waals surface area contributed by atoms with E-state index in [0.717, 1.165) is 32.2 Å². The third-order valence-corrected chi connectivity index (χ3v) is 5.50. The minimum atomic E-state index is -3.41. The average Bonchev–Trinajstić information content (AvgIpc) is 2.65. The quantitative estimate of drug-likeness (QED) is 0.792. The number of amides is 1. The van der Waals surface area contributed by atoms with Gasteiger partial charge in [0.05, 0.1) is 11.4 Å². The molecule has 0 unspecified atom stereocenters. The molecule has 0 spiro atoms. The monoisotopic (exact) mass is 405 g/mol. The Labute approximate surface area is 164 Å². The maximum absolute atomic E-state index is 12.4. The lowest BCUT2D eigenvalue weighted by atomic mass is 10.1. The van der Waals surface area contributed by atoms with E-state index >= 15 is 0 Å². The third-order valence-electron chi connectivity index (χ3n) is 4.51. The van der Waals surface area contributed by atoms with Crippen LogP contribution in [-0.4, -0.2) is 66.9 Å². The van der Waals surface area contributed by atoms with E-state index in [0.29, 0.717) is 17.3 Å². The number of pyridine rings is 1. The van der Waals surface area contributed by atoms with Gasteiger partial charge in [0.2, 0.25) is 5.88 Å². The van der Waals surface area contributed by atoms with Crippen LogP contribution in [0.4, 0.5) is 5.69 Å². The molecular formula is C18H23N5O4S. The van der Waals surface area contributed by atoms with Crippen LogP contribution in [0, 0.1) is 6.92 Å². The Kier molecular flexibility index (Phi) is 5.90. The molecule has 0 atom stereocenters. The minimum absolute atomic E-state index is 0.0433. The molecule has 3 rings (SSSR count). The Hall–Kier alpha value is -2.59. The van der Waals surface area contributed by atoms with E-state index in [9.17, 15) is 13.2 Å². The highest BCUT2D eigenvalue weighted by atomic mass is 32.2. The number of carbonyl (C=O) groups is 1. The van der Waals surface area contributed by atoms with Crippen LogP contribution in [0.5, 0.6) is 5.88 Å². The van der Waals surface area contributed by atoms with Gasteiger partial charge in [0.25, 0.3) is 5.91 Å². The Morgan fingerprint density at radius 1 is 1.18 bits per heavy atom. The number of aryl methyl sites for hydroxylation is 1. The first kappa shape index (κ1) is 20.2. The number of hydrogen-bond donors (Lipinski definition) is 1. The first-order valence-corrected chi connectivity index (χ1v) is 10.8. The van der Waals surface area contributed by atoms with Gasteiger partial charge in [0.1, 0.15) is 6.10 Å². The van der Waals surface area contributed by atoms with Crippen molar-refractivity contribution < 1.29 is 17.9 Å². The zero-order valence-electron chi connectivity index (χ0n) is 16.0. The van der Waals surface area contributed by atoms with E-state index in [2.05, 4.69) is 32.4 Å². The maximum atomic E-state index is 12.4. The highest BCUT2D eigenvalue weighted by Gasteiger charge is 2.19. The van der Waals surface area contributed by atoms with Crippen molar-refractivity contribution >= 4 is 21.4 Å². The summed E-state index contributed by atoms with van der Waals surface area (Å²) in [5.74, 6) is -0.0724. The summed E-state index contributed by atoms with van der Waals surface area (Å²) in [6.45, 7) is 3.57. The summed E-state index contributed by atoms with van der Waals surface area (Å²) in [4.78, 5) is 18.6. The minimum Gasteiger partial charge on any atom is -0.473 e. The van der Waals surface area contributed by atoms with Crippen LogP contribution in [0.25, 0.3) is 0 Å². The number of carbonyl (C=O) groups excluding carboxylic acids is 1. The molecule has 1 aliphatic heterocycles. The Bertz CT molecular complexity index is 954. The summed E-state index contributed by atoms with van der Waals surface area (Å²) < 4.78 is 28.9. The zero-order valence-corrected chi connectivity index (χ0v) is 16.9. The van der Waals surface area contributed by atoms with Gasteiger partial charge in [0, 0.05) is 25.4 Å². The molecule has 3 heterocycles. The molecule has 1 saturated heterocycles. The van der Waals surface area contributed by atoms with E-state index in [-0.39, 0.29) is 16.8 Å². The molecular weight excluding hydrogens is 382 g/mol. The summed E-state index contributed by atoms with van der Waals surface area (Å²) in [7, 11) is -1.33. The highest BCUT2D eigenvalue weighted by Crippen LogP contribution is 2.18. The van der Waals surface area contributed by atoms with Crippen molar-refractivity contribution in [2.45, 2.75) is 30.9 Å². The molecule has 0 bridgehead atoms. The summed E-state index contributed by atoms with van der Waals surface area (Å²) in [6, 6.07) is 6.02. The average molecular weight is 405 g/mol. The van der Waals surface area contributed by atoms with Gasteiger partial charge in [-0.05, 0) is 45.0 Å². The molecule has 28 heavy (non-hydrogen) atoms. The normalized spacial score (nSPS) is 16.0. The Morgan fingerprint density at radius 3 is 2.46 bits per heavy atom. The molecule has 2 aromatic rings. The van der Waals surface area contributed by atoms with Gasteiger partial charge in [-0.1, -0.05) is 0 Å².